The highest BCUT2D eigenvalue weighted by atomic mass is 16.2. The van der Waals surface area contributed by atoms with Crippen LogP contribution in [0.3, 0.4) is 0 Å². The Balaban J connectivity index is 1.40. The Labute approximate surface area is 155 Å². The molecule has 0 spiro atoms. The molecule has 0 N–H and O–H groups in total. The third-order valence-corrected chi connectivity index (χ3v) is 6.25. The fourth-order valence-corrected chi connectivity index (χ4v) is 4.42. The van der Waals surface area contributed by atoms with Gasteiger partial charge >= 0.3 is 0 Å². The van der Waals surface area contributed by atoms with Crippen LogP contribution in [0.25, 0.3) is 0 Å². The summed E-state index contributed by atoms with van der Waals surface area (Å²) in [6.45, 7) is 6.79. The monoisotopic (exact) mass is 355 g/mol. The van der Waals surface area contributed by atoms with Crippen molar-refractivity contribution < 1.29 is 9.59 Å². The number of rotatable bonds is 3. The Hall–Kier alpha value is -1.88. The number of hydrogen-bond donors (Lipinski definition) is 0. The molecule has 2 amide bonds. The fraction of sp³-hybridized carbons (Fsp3) is 0.619. The normalized spacial score (nSPS) is 24.8. The quantitative estimate of drug-likeness (QED) is 0.833. The van der Waals surface area contributed by atoms with E-state index in [-0.39, 0.29) is 17.9 Å². The molecule has 4 rings (SSSR count). The van der Waals surface area contributed by atoms with Crippen LogP contribution in [0.15, 0.2) is 24.3 Å². The molecule has 1 atom stereocenters. The smallest absolute Gasteiger partial charge is 0.240 e. The molecule has 1 saturated carbocycles. The van der Waals surface area contributed by atoms with E-state index in [4.69, 9.17) is 0 Å². The zero-order valence-electron chi connectivity index (χ0n) is 15.7. The van der Waals surface area contributed by atoms with Gasteiger partial charge in [-0.1, -0.05) is 36.2 Å². The second kappa shape index (κ2) is 7.39. The van der Waals surface area contributed by atoms with Crippen molar-refractivity contribution in [1.82, 2.24) is 14.7 Å². The molecule has 0 radical (unpaired) electrons. The summed E-state index contributed by atoms with van der Waals surface area (Å²) in [5.41, 5.74) is 2.43. The maximum atomic E-state index is 13.1. The number of hydrogen-bond acceptors (Lipinski definition) is 3. The van der Waals surface area contributed by atoms with Gasteiger partial charge in [-0.3, -0.25) is 14.5 Å². The highest BCUT2D eigenvalue weighted by Gasteiger charge is 2.38. The average molecular weight is 355 g/mol. The molecule has 1 unspecified atom stereocenters. The van der Waals surface area contributed by atoms with Gasteiger partial charge in [0, 0.05) is 45.2 Å². The molecular weight excluding hydrogens is 326 g/mol. The van der Waals surface area contributed by atoms with Gasteiger partial charge in [0.2, 0.25) is 11.8 Å². The molecule has 1 aromatic carbocycles. The number of amides is 2. The Kier molecular flexibility index (Phi) is 4.98. The molecule has 1 aliphatic carbocycles. The Morgan fingerprint density at radius 3 is 2.62 bits per heavy atom. The first-order valence-corrected chi connectivity index (χ1v) is 9.99. The minimum Gasteiger partial charge on any atom is -0.341 e. The standard InChI is InChI=1S/C21H29N3O2/c1-16-4-2-5-17(14-16)15-24-13-11-22-10-12-23(9-8-19(22)21(24)26)20(25)18-6-3-7-18/h2,4-5,14,18-19H,3,6-13,15H2,1H3. The highest BCUT2D eigenvalue weighted by Crippen LogP contribution is 2.29. The lowest BCUT2D eigenvalue weighted by molar-refractivity contribution is -0.142. The molecule has 0 aromatic heterocycles. The van der Waals surface area contributed by atoms with Gasteiger partial charge < -0.3 is 9.80 Å². The summed E-state index contributed by atoms with van der Waals surface area (Å²) in [6.07, 6.45) is 4.05. The van der Waals surface area contributed by atoms with E-state index in [1.807, 2.05) is 9.80 Å². The van der Waals surface area contributed by atoms with Crippen LogP contribution < -0.4 is 0 Å². The van der Waals surface area contributed by atoms with E-state index in [1.54, 1.807) is 0 Å². The summed E-state index contributed by atoms with van der Waals surface area (Å²) >= 11 is 0. The van der Waals surface area contributed by atoms with Crippen molar-refractivity contribution in [3.8, 4) is 0 Å². The van der Waals surface area contributed by atoms with Crippen LogP contribution in [0.5, 0.6) is 0 Å². The van der Waals surface area contributed by atoms with Gasteiger partial charge in [-0.05, 0) is 31.7 Å². The van der Waals surface area contributed by atoms with Crippen molar-refractivity contribution in [2.75, 3.05) is 32.7 Å². The first kappa shape index (κ1) is 17.5. The van der Waals surface area contributed by atoms with E-state index >= 15 is 0 Å². The Bertz CT molecular complexity index is 686. The largest absolute Gasteiger partial charge is 0.341 e. The predicted molar refractivity (Wildman–Crippen MR) is 100 cm³/mol. The average Bonchev–Trinajstić information content (AvgIpc) is 2.79. The van der Waals surface area contributed by atoms with Crippen LogP contribution in [0.2, 0.25) is 0 Å². The topological polar surface area (TPSA) is 43.9 Å². The first-order chi connectivity index (χ1) is 12.6. The predicted octanol–water partition coefficient (Wildman–Crippen LogP) is 2.04. The molecule has 140 valence electrons. The summed E-state index contributed by atoms with van der Waals surface area (Å²) < 4.78 is 0. The van der Waals surface area contributed by atoms with Gasteiger partial charge in [0.25, 0.3) is 0 Å². The number of piperazine rings is 1. The van der Waals surface area contributed by atoms with Gasteiger partial charge in [0.05, 0.1) is 6.04 Å². The maximum Gasteiger partial charge on any atom is 0.240 e. The van der Waals surface area contributed by atoms with Gasteiger partial charge in [-0.15, -0.1) is 0 Å². The SMILES string of the molecule is Cc1cccc(CN2CCN3CCN(C(=O)C4CCC4)CCC3C2=O)c1. The number of nitrogens with zero attached hydrogens (tertiary/aromatic N) is 3. The highest BCUT2D eigenvalue weighted by molar-refractivity contribution is 5.83. The summed E-state index contributed by atoms with van der Waals surface area (Å²) in [5.74, 6) is 0.800. The minimum absolute atomic E-state index is 0.0623. The van der Waals surface area contributed by atoms with E-state index in [1.165, 1.54) is 17.5 Å². The van der Waals surface area contributed by atoms with Crippen molar-refractivity contribution in [1.29, 1.82) is 0 Å². The van der Waals surface area contributed by atoms with Crippen molar-refractivity contribution >= 4 is 11.8 Å². The second-order valence-corrected chi connectivity index (χ2v) is 8.04. The molecule has 2 heterocycles. The van der Waals surface area contributed by atoms with Gasteiger partial charge in [-0.2, -0.15) is 0 Å². The second-order valence-electron chi connectivity index (χ2n) is 8.04. The molecule has 0 bridgehead atoms. The van der Waals surface area contributed by atoms with Crippen LogP contribution in [0.4, 0.5) is 0 Å². The van der Waals surface area contributed by atoms with Crippen LogP contribution in [-0.4, -0.2) is 65.3 Å². The first-order valence-electron chi connectivity index (χ1n) is 9.99. The Morgan fingerprint density at radius 1 is 1.08 bits per heavy atom. The van der Waals surface area contributed by atoms with Gasteiger partial charge in [0.15, 0.2) is 0 Å². The van der Waals surface area contributed by atoms with E-state index in [0.717, 1.165) is 52.0 Å². The molecule has 3 aliphatic rings. The summed E-state index contributed by atoms with van der Waals surface area (Å²) in [5, 5.41) is 0. The molecule has 5 nitrogen and oxygen atoms in total. The van der Waals surface area contributed by atoms with Crippen molar-refractivity contribution in [3.63, 3.8) is 0 Å². The van der Waals surface area contributed by atoms with Crippen LogP contribution in [0.1, 0.15) is 36.8 Å². The van der Waals surface area contributed by atoms with E-state index < -0.39 is 0 Å². The lowest BCUT2D eigenvalue weighted by Gasteiger charge is -2.39. The molecule has 1 aromatic rings. The van der Waals surface area contributed by atoms with Crippen LogP contribution >= 0.6 is 0 Å². The minimum atomic E-state index is -0.0623. The molecule has 2 saturated heterocycles. The van der Waals surface area contributed by atoms with E-state index in [9.17, 15) is 9.59 Å². The van der Waals surface area contributed by atoms with Crippen molar-refractivity contribution in [3.05, 3.63) is 35.4 Å². The van der Waals surface area contributed by atoms with Crippen molar-refractivity contribution in [2.45, 2.75) is 45.2 Å². The maximum absolute atomic E-state index is 13.1. The van der Waals surface area contributed by atoms with Crippen molar-refractivity contribution in [2.24, 2.45) is 5.92 Å². The number of carbonyl (C=O) groups is 2. The summed E-state index contributed by atoms with van der Waals surface area (Å²) in [6, 6.07) is 8.33. The lowest BCUT2D eigenvalue weighted by Crippen LogP contribution is -2.56. The molecule has 5 heteroatoms. The van der Waals surface area contributed by atoms with E-state index in [2.05, 4.69) is 36.1 Å². The van der Waals surface area contributed by atoms with Gasteiger partial charge in [-0.25, -0.2) is 0 Å². The lowest BCUT2D eigenvalue weighted by atomic mass is 9.84. The molecule has 26 heavy (non-hydrogen) atoms. The number of fused-ring (bicyclic) bond motifs is 1. The number of carbonyl (C=O) groups excluding carboxylic acids is 2. The zero-order valence-corrected chi connectivity index (χ0v) is 15.7. The van der Waals surface area contributed by atoms with Gasteiger partial charge in [0.1, 0.15) is 0 Å². The fourth-order valence-electron chi connectivity index (χ4n) is 4.42. The third-order valence-electron chi connectivity index (χ3n) is 6.25. The number of benzene rings is 1. The summed E-state index contributed by atoms with van der Waals surface area (Å²) in [7, 11) is 0. The zero-order chi connectivity index (χ0) is 18.1. The molecular formula is C21H29N3O2. The summed E-state index contributed by atoms with van der Waals surface area (Å²) in [4.78, 5) is 31.9. The number of aryl methyl sites for hydroxylation is 1. The molecule has 3 fully saturated rings. The Morgan fingerprint density at radius 2 is 1.88 bits per heavy atom. The third kappa shape index (κ3) is 3.50. The molecule has 2 aliphatic heterocycles. The van der Waals surface area contributed by atoms with Crippen LogP contribution in [-0.2, 0) is 16.1 Å². The van der Waals surface area contributed by atoms with E-state index in [0.29, 0.717) is 12.5 Å². The van der Waals surface area contributed by atoms with Crippen LogP contribution in [0, 0.1) is 12.8 Å².